The zero-order valence-electron chi connectivity index (χ0n) is 10.2. The van der Waals surface area contributed by atoms with Crippen LogP contribution in [0.15, 0.2) is 12.4 Å². The number of aromatic nitrogens is 2. The topological polar surface area (TPSA) is 69.8 Å². The van der Waals surface area contributed by atoms with Crippen LogP contribution in [0.25, 0.3) is 0 Å². The number of urea groups is 1. The molecule has 1 saturated carbocycles. The molecular formula is C12H20N4O. The fraction of sp³-hybridized carbons (Fsp3) is 0.667. The highest BCUT2D eigenvalue weighted by molar-refractivity contribution is 5.74. The summed E-state index contributed by atoms with van der Waals surface area (Å²) in [6.07, 6.45) is 9.38. The minimum Gasteiger partial charge on any atom is -0.347 e. The summed E-state index contributed by atoms with van der Waals surface area (Å²) in [5, 5.41) is 5.91. The molecule has 1 heterocycles. The monoisotopic (exact) mass is 236 g/mol. The lowest BCUT2D eigenvalue weighted by molar-refractivity contribution is 0.229. The second-order valence-corrected chi connectivity index (χ2v) is 4.65. The lowest BCUT2D eigenvalue weighted by atomic mass is 9.96. The number of imidazole rings is 1. The summed E-state index contributed by atoms with van der Waals surface area (Å²) in [6, 6.07) is 0.155. The van der Waals surface area contributed by atoms with Crippen molar-refractivity contribution in [2.45, 2.75) is 51.1 Å². The van der Waals surface area contributed by atoms with Gasteiger partial charge in [0.15, 0.2) is 0 Å². The van der Waals surface area contributed by atoms with E-state index in [1.165, 1.54) is 19.3 Å². The number of carbonyl (C=O) groups is 1. The van der Waals surface area contributed by atoms with Gasteiger partial charge >= 0.3 is 6.03 Å². The Kier molecular flexibility index (Phi) is 4.01. The fourth-order valence-corrected chi connectivity index (χ4v) is 2.25. The second-order valence-electron chi connectivity index (χ2n) is 4.65. The molecule has 0 radical (unpaired) electrons. The molecule has 0 aliphatic heterocycles. The van der Waals surface area contributed by atoms with Gasteiger partial charge in [-0.2, -0.15) is 0 Å². The van der Waals surface area contributed by atoms with Crippen molar-refractivity contribution in [3.8, 4) is 0 Å². The maximum absolute atomic E-state index is 11.8. The van der Waals surface area contributed by atoms with Gasteiger partial charge in [0.1, 0.15) is 5.82 Å². The molecule has 1 atom stereocenters. The molecule has 1 fully saturated rings. The third kappa shape index (κ3) is 3.47. The van der Waals surface area contributed by atoms with Crippen LogP contribution in [-0.2, 0) is 0 Å². The zero-order valence-corrected chi connectivity index (χ0v) is 10.2. The zero-order chi connectivity index (χ0) is 12.1. The molecule has 5 nitrogen and oxygen atoms in total. The van der Waals surface area contributed by atoms with E-state index >= 15 is 0 Å². The number of aromatic amines is 1. The van der Waals surface area contributed by atoms with Gasteiger partial charge in [-0.15, -0.1) is 0 Å². The first-order chi connectivity index (χ1) is 8.25. The Morgan fingerprint density at radius 2 is 2.24 bits per heavy atom. The third-order valence-electron chi connectivity index (χ3n) is 3.22. The Balaban J connectivity index is 1.76. The van der Waals surface area contributed by atoms with Crippen LogP contribution in [0.2, 0.25) is 0 Å². The van der Waals surface area contributed by atoms with Gasteiger partial charge in [-0.25, -0.2) is 9.78 Å². The van der Waals surface area contributed by atoms with E-state index in [4.69, 9.17) is 0 Å². The van der Waals surface area contributed by atoms with Crippen molar-refractivity contribution in [2.75, 3.05) is 0 Å². The van der Waals surface area contributed by atoms with Crippen LogP contribution >= 0.6 is 0 Å². The van der Waals surface area contributed by atoms with E-state index < -0.39 is 0 Å². The summed E-state index contributed by atoms with van der Waals surface area (Å²) in [5.41, 5.74) is 0. The molecule has 0 aromatic carbocycles. The first-order valence-corrected chi connectivity index (χ1v) is 6.32. The maximum Gasteiger partial charge on any atom is 0.315 e. The molecule has 1 aromatic rings. The van der Waals surface area contributed by atoms with E-state index in [-0.39, 0.29) is 12.1 Å². The van der Waals surface area contributed by atoms with E-state index in [1.54, 1.807) is 12.4 Å². The number of hydrogen-bond donors (Lipinski definition) is 3. The van der Waals surface area contributed by atoms with Gasteiger partial charge in [0.2, 0.25) is 0 Å². The molecule has 0 spiro atoms. The van der Waals surface area contributed by atoms with Gasteiger partial charge < -0.3 is 15.6 Å². The Morgan fingerprint density at radius 3 is 2.88 bits per heavy atom. The van der Waals surface area contributed by atoms with Crippen LogP contribution in [0, 0.1) is 0 Å². The normalized spacial score (nSPS) is 18.6. The number of hydrogen-bond acceptors (Lipinski definition) is 2. The number of H-pyrrole nitrogens is 1. The average Bonchev–Trinajstić information content (AvgIpc) is 2.83. The molecule has 2 rings (SSSR count). The highest BCUT2D eigenvalue weighted by Gasteiger charge is 2.17. The maximum atomic E-state index is 11.8. The van der Waals surface area contributed by atoms with Crippen molar-refractivity contribution in [3.05, 3.63) is 18.2 Å². The Morgan fingerprint density at radius 1 is 1.47 bits per heavy atom. The molecule has 94 valence electrons. The quantitative estimate of drug-likeness (QED) is 0.752. The molecule has 3 N–H and O–H groups in total. The largest absolute Gasteiger partial charge is 0.347 e. The first kappa shape index (κ1) is 12.0. The predicted octanol–water partition coefficient (Wildman–Crippen LogP) is 2.10. The fourth-order valence-electron chi connectivity index (χ4n) is 2.25. The number of rotatable bonds is 3. The molecule has 2 amide bonds. The van der Waals surface area contributed by atoms with Crippen molar-refractivity contribution in [1.82, 2.24) is 20.6 Å². The molecular weight excluding hydrogens is 216 g/mol. The Labute approximate surface area is 101 Å². The molecule has 1 aromatic heterocycles. The van der Waals surface area contributed by atoms with E-state index in [0.717, 1.165) is 18.7 Å². The summed E-state index contributed by atoms with van der Waals surface area (Å²) >= 11 is 0. The van der Waals surface area contributed by atoms with Gasteiger partial charge in [0.05, 0.1) is 6.04 Å². The van der Waals surface area contributed by atoms with Crippen molar-refractivity contribution < 1.29 is 4.79 Å². The number of nitrogens with one attached hydrogen (secondary N) is 3. The molecule has 0 bridgehead atoms. The minimum absolute atomic E-state index is 0.0893. The standard InChI is InChI=1S/C12H20N4O/c1-9(11-13-7-8-14-11)15-12(17)16-10-5-3-2-4-6-10/h7-10H,2-6H2,1H3,(H,13,14)(H2,15,16,17). The van der Waals surface area contributed by atoms with Crippen molar-refractivity contribution in [3.63, 3.8) is 0 Å². The molecule has 1 aliphatic carbocycles. The van der Waals surface area contributed by atoms with Crippen molar-refractivity contribution in [1.29, 1.82) is 0 Å². The van der Waals surface area contributed by atoms with E-state index in [2.05, 4.69) is 20.6 Å². The van der Waals surface area contributed by atoms with E-state index in [1.807, 2.05) is 6.92 Å². The van der Waals surface area contributed by atoms with Crippen LogP contribution in [0.3, 0.4) is 0 Å². The summed E-state index contributed by atoms with van der Waals surface area (Å²) in [5.74, 6) is 0.781. The number of amides is 2. The Hall–Kier alpha value is -1.52. The van der Waals surface area contributed by atoms with Gasteiger partial charge in [-0.05, 0) is 19.8 Å². The van der Waals surface area contributed by atoms with Crippen LogP contribution in [0.5, 0.6) is 0 Å². The van der Waals surface area contributed by atoms with Gasteiger partial charge in [0, 0.05) is 18.4 Å². The van der Waals surface area contributed by atoms with Crippen LogP contribution in [0.4, 0.5) is 4.79 Å². The summed E-state index contributed by atoms with van der Waals surface area (Å²) < 4.78 is 0. The SMILES string of the molecule is CC(NC(=O)NC1CCCCC1)c1ncc[nH]1. The van der Waals surface area contributed by atoms with Crippen molar-refractivity contribution in [2.24, 2.45) is 0 Å². The number of carbonyl (C=O) groups excluding carboxylic acids is 1. The predicted molar refractivity (Wildman–Crippen MR) is 65.5 cm³/mol. The summed E-state index contributed by atoms with van der Waals surface area (Å²) in [7, 11) is 0. The lowest BCUT2D eigenvalue weighted by Crippen LogP contribution is -2.43. The van der Waals surface area contributed by atoms with Crippen LogP contribution < -0.4 is 10.6 Å². The van der Waals surface area contributed by atoms with Crippen LogP contribution in [0.1, 0.15) is 50.9 Å². The smallest absolute Gasteiger partial charge is 0.315 e. The van der Waals surface area contributed by atoms with Gasteiger partial charge in [-0.1, -0.05) is 19.3 Å². The number of nitrogens with zero attached hydrogens (tertiary/aromatic N) is 1. The molecule has 1 aliphatic rings. The Bertz CT molecular complexity index is 343. The lowest BCUT2D eigenvalue weighted by Gasteiger charge is -2.23. The highest BCUT2D eigenvalue weighted by Crippen LogP contribution is 2.17. The minimum atomic E-state index is -0.0965. The molecule has 1 unspecified atom stereocenters. The van der Waals surface area contributed by atoms with E-state index in [0.29, 0.717) is 6.04 Å². The molecule has 5 heteroatoms. The average molecular weight is 236 g/mol. The van der Waals surface area contributed by atoms with Gasteiger partial charge in [-0.3, -0.25) is 0 Å². The van der Waals surface area contributed by atoms with E-state index in [9.17, 15) is 4.79 Å². The molecule has 0 saturated heterocycles. The van der Waals surface area contributed by atoms with Gasteiger partial charge in [0.25, 0.3) is 0 Å². The van der Waals surface area contributed by atoms with Crippen molar-refractivity contribution >= 4 is 6.03 Å². The third-order valence-corrected chi connectivity index (χ3v) is 3.22. The van der Waals surface area contributed by atoms with Crippen LogP contribution in [-0.4, -0.2) is 22.0 Å². The second kappa shape index (κ2) is 5.70. The highest BCUT2D eigenvalue weighted by atomic mass is 16.2. The molecule has 17 heavy (non-hydrogen) atoms. The first-order valence-electron chi connectivity index (χ1n) is 6.32. The summed E-state index contributed by atoms with van der Waals surface area (Å²) in [4.78, 5) is 18.9. The summed E-state index contributed by atoms with van der Waals surface area (Å²) in [6.45, 7) is 1.92.